The average molecular weight is 164 g/mol. The molecule has 2 rings (SSSR count). The normalized spacial score (nSPS) is 16.6. The fraction of sp³-hybridized carbons (Fsp3) is 0.444. The van der Waals surface area contributed by atoms with Gasteiger partial charge < -0.3 is 9.88 Å². The molecule has 2 heterocycles. The molecule has 1 aliphatic rings. The minimum Gasteiger partial charge on any atom is -0.354 e. The maximum absolute atomic E-state index is 11.2. The van der Waals surface area contributed by atoms with Crippen LogP contribution in [0.15, 0.2) is 12.1 Å². The van der Waals surface area contributed by atoms with Crippen molar-refractivity contribution in [2.24, 2.45) is 0 Å². The third-order valence-corrected chi connectivity index (χ3v) is 2.29. The predicted molar refractivity (Wildman–Crippen MR) is 45.9 cm³/mol. The summed E-state index contributed by atoms with van der Waals surface area (Å²) in [6, 6.07) is 4.16. The average Bonchev–Trinajstić information content (AvgIpc) is 2.31. The lowest BCUT2D eigenvalue weighted by Gasteiger charge is -2.04. The topological polar surface area (TPSA) is 34.0 Å². The number of hydrogen-bond acceptors (Lipinski definition) is 1. The molecule has 0 aliphatic carbocycles. The molecule has 0 bridgehead atoms. The monoisotopic (exact) mass is 164 g/mol. The van der Waals surface area contributed by atoms with Gasteiger partial charge in [0.15, 0.2) is 0 Å². The molecule has 1 aliphatic heterocycles. The van der Waals surface area contributed by atoms with E-state index >= 15 is 0 Å². The molecular formula is C9H12N2O. The Labute approximate surface area is 71.4 Å². The van der Waals surface area contributed by atoms with Gasteiger partial charge in [0, 0.05) is 24.4 Å². The van der Waals surface area contributed by atoms with Crippen molar-refractivity contribution in [1.82, 2.24) is 9.88 Å². The van der Waals surface area contributed by atoms with Gasteiger partial charge in [-0.15, -0.1) is 0 Å². The Balaban J connectivity index is 2.40. The Bertz CT molecular complexity index is 314. The first-order valence-corrected chi connectivity index (χ1v) is 4.19. The second kappa shape index (κ2) is 2.66. The number of nitrogens with zero attached hydrogens (tertiary/aromatic N) is 1. The van der Waals surface area contributed by atoms with E-state index in [2.05, 4.69) is 22.0 Å². The Kier molecular flexibility index (Phi) is 1.64. The van der Waals surface area contributed by atoms with E-state index in [-0.39, 0.29) is 5.91 Å². The van der Waals surface area contributed by atoms with Crippen LogP contribution in [-0.4, -0.2) is 17.0 Å². The SMILES string of the molecule is Cc1ccc2n1CC(=O)NCC2. The number of fused-ring (bicyclic) bond motifs is 1. The summed E-state index contributed by atoms with van der Waals surface area (Å²) < 4.78 is 2.07. The van der Waals surface area contributed by atoms with Crippen molar-refractivity contribution in [3.63, 3.8) is 0 Å². The number of hydrogen-bond donors (Lipinski definition) is 1. The molecule has 12 heavy (non-hydrogen) atoms. The number of aromatic nitrogens is 1. The summed E-state index contributed by atoms with van der Waals surface area (Å²) in [5.41, 5.74) is 2.42. The van der Waals surface area contributed by atoms with Crippen LogP contribution < -0.4 is 5.32 Å². The highest BCUT2D eigenvalue weighted by Gasteiger charge is 2.12. The quantitative estimate of drug-likeness (QED) is 0.594. The first-order chi connectivity index (χ1) is 5.77. The van der Waals surface area contributed by atoms with Gasteiger partial charge in [0.1, 0.15) is 6.54 Å². The maximum Gasteiger partial charge on any atom is 0.239 e. The Morgan fingerprint density at radius 1 is 1.50 bits per heavy atom. The highest BCUT2D eigenvalue weighted by atomic mass is 16.1. The molecule has 0 atom stereocenters. The molecule has 0 aromatic carbocycles. The number of nitrogens with one attached hydrogen (secondary N) is 1. The van der Waals surface area contributed by atoms with E-state index in [9.17, 15) is 4.79 Å². The molecule has 3 nitrogen and oxygen atoms in total. The second-order valence-electron chi connectivity index (χ2n) is 3.15. The maximum atomic E-state index is 11.2. The zero-order chi connectivity index (χ0) is 8.55. The molecule has 0 spiro atoms. The zero-order valence-corrected chi connectivity index (χ0v) is 7.13. The van der Waals surface area contributed by atoms with Crippen molar-refractivity contribution in [2.45, 2.75) is 19.9 Å². The van der Waals surface area contributed by atoms with Crippen LogP contribution in [0.5, 0.6) is 0 Å². The van der Waals surface area contributed by atoms with Gasteiger partial charge >= 0.3 is 0 Å². The van der Waals surface area contributed by atoms with Crippen molar-refractivity contribution < 1.29 is 4.79 Å². The molecule has 0 fully saturated rings. The molecule has 0 unspecified atom stereocenters. The fourth-order valence-corrected chi connectivity index (χ4v) is 1.60. The van der Waals surface area contributed by atoms with Gasteiger partial charge in [0.05, 0.1) is 0 Å². The van der Waals surface area contributed by atoms with E-state index in [0.29, 0.717) is 6.54 Å². The number of carbonyl (C=O) groups excluding carboxylic acids is 1. The van der Waals surface area contributed by atoms with Crippen LogP contribution in [0.4, 0.5) is 0 Å². The van der Waals surface area contributed by atoms with E-state index in [1.54, 1.807) is 0 Å². The summed E-state index contributed by atoms with van der Waals surface area (Å²) in [4.78, 5) is 11.2. The summed E-state index contributed by atoms with van der Waals surface area (Å²) in [6.45, 7) is 3.28. The number of carbonyl (C=O) groups is 1. The van der Waals surface area contributed by atoms with Crippen molar-refractivity contribution >= 4 is 5.91 Å². The zero-order valence-electron chi connectivity index (χ0n) is 7.13. The third-order valence-electron chi connectivity index (χ3n) is 2.29. The van der Waals surface area contributed by atoms with Gasteiger partial charge in [-0.05, 0) is 19.1 Å². The highest BCUT2D eigenvalue weighted by Crippen LogP contribution is 2.10. The molecular weight excluding hydrogens is 152 g/mol. The first kappa shape index (κ1) is 7.40. The molecule has 0 radical (unpaired) electrons. The molecule has 1 N–H and O–H groups in total. The van der Waals surface area contributed by atoms with Crippen molar-refractivity contribution in [3.05, 3.63) is 23.5 Å². The summed E-state index contributed by atoms with van der Waals surface area (Å²) in [5.74, 6) is 0.119. The van der Waals surface area contributed by atoms with Gasteiger partial charge in [-0.2, -0.15) is 0 Å². The van der Waals surface area contributed by atoms with Crippen LogP contribution in [-0.2, 0) is 17.8 Å². The molecule has 0 saturated heterocycles. The van der Waals surface area contributed by atoms with Gasteiger partial charge in [-0.1, -0.05) is 0 Å². The second-order valence-corrected chi connectivity index (χ2v) is 3.15. The third kappa shape index (κ3) is 1.11. The summed E-state index contributed by atoms with van der Waals surface area (Å²) in [7, 11) is 0. The number of aryl methyl sites for hydroxylation is 1. The fourth-order valence-electron chi connectivity index (χ4n) is 1.60. The van der Waals surface area contributed by atoms with Crippen LogP contribution in [0, 0.1) is 6.92 Å². The smallest absolute Gasteiger partial charge is 0.239 e. The summed E-state index contributed by atoms with van der Waals surface area (Å²) >= 11 is 0. The highest BCUT2D eigenvalue weighted by molar-refractivity contribution is 5.76. The lowest BCUT2D eigenvalue weighted by atomic mass is 10.3. The molecule has 3 heteroatoms. The van der Waals surface area contributed by atoms with Crippen LogP contribution in [0.2, 0.25) is 0 Å². The van der Waals surface area contributed by atoms with Crippen LogP contribution >= 0.6 is 0 Å². The summed E-state index contributed by atoms with van der Waals surface area (Å²) in [6.07, 6.45) is 0.944. The molecule has 0 saturated carbocycles. The molecule has 1 aromatic heterocycles. The largest absolute Gasteiger partial charge is 0.354 e. The van der Waals surface area contributed by atoms with Gasteiger partial charge in [-0.3, -0.25) is 4.79 Å². The van der Waals surface area contributed by atoms with E-state index in [0.717, 1.165) is 13.0 Å². The first-order valence-electron chi connectivity index (χ1n) is 4.19. The van der Waals surface area contributed by atoms with Crippen molar-refractivity contribution in [2.75, 3.05) is 6.54 Å². The molecule has 1 amide bonds. The van der Waals surface area contributed by atoms with Crippen molar-refractivity contribution in [1.29, 1.82) is 0 Å². The number of amides is 1. The Hall–Kier alpha value is -1.25. The van der Waals surface area contributed by atoms with E-state index < -0.39 is 0 Å². The lowest BCUT2D eigenvalue weighted by Crippen LogP contribution is -2.25. The van der Waals surface area contributed by atoms with Crippen LogP contribution in [0.3, 0.4) is 0 Å². The van der Waals surface area contributed by atoms with E-state index in [4.69, 9.17) is 0 Å². The van der Waals surface area contributed by atoms with Gasteiger partial charge in [0.2, 0.25) is 5.91 Å². The van der Waals surface area contributed by atoms with Gasteiger partial charge in [-0.25, -0.2) is 0 Å². The Morgan fingerprint density at radius 2 is 2.33 bits per heavy atom. The predicted octanol–water partition coefficient (Wildman–Crippen LogP) is 0.469. The minimum absolute atomic E-state index is 0.119. The van der Waals surface area contributed by atoms with Crippen LogP contribution in [0.25, 0.3) is 0 Å². The summed E-state index contributed by atoms with van der Waals surface area (Å²) in [5, 5.41) is 2.84. The molecule has 64 valence electrons. The number of rotatable bonds is 0. The standard InChI is InChI=1S/C9H12N2O/c1-7-2-3-8-4-5-10-9(12)6-11(7)8/h2-3H,4-6H2,1H3,(H,10,12). The van der Waals surface area contributed by atoms with Crippen molar-refractivity contribution in [3.8, 4) is 0 Å². The molecule has 1 aromatic rings. The minimum atomic E-state index is 0.119. The van der Waals surface area contributed by atoms with Gasteiger partial charge in [0.25, 0.3) is 0 Å². The van der Waals surface area contributed by atoms with E-state index in [1.165, 1.54) is 11.4 Å². The van der Waals surface area contributed by atoms with E-state index in [1.807, 2.05) is 6.92 Å². The van der Waals surface area contributed by atoms with Crippen LogP contribution in [0.1, 0.15) is 11.4 Å². The lowest BCUT2D eigenvalue weighted by molar-refractivity contribution is -0.121. The Morgan fingerprint density at radius 3 is 3.17 bits per heavy atom.